The number of primary amides is 1. The van der Waals surface area contributed by atoms with Crippen LogP contribution in [-0.2, 0) is 16.1 Å². The van der Waals surface area contributed by atoms with Crippen molar-refractivity contribution in [1.29, 1.82) is 0 Å². The fraction of sp³-hybridized carbons (Fsp3) is 0.375. The molecule has 3 N–H and O–H groups in total. The minimum absolute atomic E-state index is 0.0305. The highest BCUT2D eigenvalue weighted by molar-refractivity contribution is 6.04. The molecule has 1 saturated carbocycles. The third-order valence-electron chi connectivity index (χ3n) is 6.67. The van der Waals surface area contributed by atoms with Gasteiger partial charge in [0.15, 0.2) is 5.69 Å². The molecule has 9 heteroatoms. The third-order valence-corrected chi connectivity index (χ3v) is 6.67. The molecule has 3 amide bonds. The number of nitrogens with one attached hydrogen (secondary N) is 1. The molecule has 2 aliphatic rings. The molecule has 1 aliphatic heterocycles. The smallest absolute Gasteiger partial charge is 0.269 e. The summed E-state index contributed by atoms with van der Waals surface area (Å²) in [5.74, 6) is -0.427. The number of nitrogens with two attached hydrogens (primary N) is 1. The first-order chi connectivity index (χ1) is 15.8. The highest BCUT2D eigenvalue weighted by Gasteiger charge is 2.51. The predicted octanol–water partition coefficient (Wildman–Crippen LogP) is 2.17. The van der Waals surface area contributed by atoms with Crippen molar-refractivity contribution in [2.24, 2.45) is 11.7 Å². The van der Waals surface area contributed by atoms with E-state index in [1.807, 2.05) is 32.0 Å². The number of benzene rings is 1. The summed E-state index contributed by atoms with van der Waals surface area (Å²) in [5.41, 5.74) is 8.11. The van der Waals surface area contributed by atoms with Crippen LogP contribution in [0.25, 0.3) is 10.9 Å². The number of pyridine rings is 1. The summed E-state index contributed by atoms with van der Waals surface area (Å²) in [6.45, 7) is 3.76. The SMILES string of the molecule is Cc1cc(C)nc(NC(=O)[C@@H]2[C@H]3CC[C@H](C3)N2C(=O)Cn2nc(C(N)=O)c3ccccc32)c1. The second kappa shape index (κ2) is 7.99. The topological polar surface area (TPSA) is 123 Å². The highest BCUT2D eigenvalue weighted by atomic mass is 16.2. The Kier molecular flexibility index (Phi) is 5.11. The highest BCUT2D eigenvalue weighted by Crippen LogP contribution is 2.43. The van der Waals surface area contributed by atoms with Crippen LogP contribution in [-0.4, -0.2) is 49.5 Å². The van der Waals surface area contributed by atoms with Gasteiger partial charge in [-0.25, -0.2) is 4.98 Å². The quantitative estimate of drug-likeness (QED) is 0.622. The molecule has 2 bridgehead atoms. The average molecular weight is 447 g/mol. The number of hydrogen-bond acceptors (Lipinski definition) is 5. The zero-order chi connectivity index (χ0) is 23.3. The van der Waals surface area contributed by atoms with Gasteiger partial charge in [0.05, 0.1) is 5.52 Å². The molecule has 2 fully saturated rings. The maximum absolute atomic E-state index is 13.5. The van der Waals surface area contributed by atoms with E-state index in [1.165, 1.54) is 4.68 Å². The van der Waals surface area contributed by atoms with E-state index in [0.29, 0.717) is 16.7 Å². The average Bonchev–Trinajstić information content (AvgIpc) is 3.46. The van der Waals surface area contributed by atoms with Gasteiger partial charge in [0.2, 0.25) is 11.8 Å². The first kappa shape index (κ1) is 21.1. The van der Waals surface area contributed by atoms with Crippen LogP contribution in [0.2, 0.25) is 0 Å². The summed E-state index contributed by atoms with van der Waals surface area (Å²) in [4.78, 5) is 44.7. The molecule has 3 aromatic rings. The van der Waals surface area contributed by atoms with E-state index in [0.717, 1.165) is 30.5 Å². The lowest BCUT2D eigenvalue weighted by Gasteiger charge is -2.34. The van der Waals surface area contributed by atoms with E-state index in [2.05, 4.69) is 15.4 Å². The molecule has 1 aliphatic carbocycles. The number of carbonyl (C=O) groups is 3. The zero-order valence-corrected chi connectivity index (χ0v) is 18.6. The van der Waals surface area contributed by atoms with Crippen LogP contribution in [0.3, 0.4) is 0 Å². The van der Waals surface area contributed by atoms with E-state index < -0.39 is 11.9 Å². The van der Waals surface area contributed by atoms with Crippen molar-refractivity contribution in [2.45, 2.75) is 51.7 Å². The molecule has 33 heavy (non-hydrogen) atoms. The van der Waals surface area contributed by atoms with Crippen LogP contribution in [0.5, 0.6) is 0 Å². The zero-order valence-electron chi connectivity index (χ0n) is 18.6. The summed E-state index contributed by atoms with van der Waals surface area (Å²) in [6, 6.07) is 10.4. The summed E-state index contributed by atoms with van der Waals surface area (Å²) in [6.07, 6.45) is 2.62. The molecule has 3 atom stereocenters. The number of amides is 3. The van der Waals surface area contributed by atoms with Crippen molar-refractivity contribution >= 4 is 34.4 Å². The normalized spacial score (nSPS) is 21.5. The number of para-hydroxylation sites is 1. The number of piperidine rings is 1. The minimum Gasteiger partial charge on any atom is -0.364 e. The van der Waals surface area contributed by atoms with Crippen LogP contribution >= 0.6 is 0 Å². The van der Waals surface area contributed by atoms with Crippen LogP contribution < -0.4 is 11.1 Å². The molecule has 0 radical (unpaired) electrons. The molecule has 1 aromatic carbocycles. The van der Waals surface area contributed by atoms with Crippen LogP contribution in [0.15, 0.2) is 36.4 Å². The number of likely N-dealkylation sites (tertiary alicyclic amines) is 1. The van der Waals surface area contributed by atoms with E-state index in [4.69, 9.17) is 5.73 Å². The molecule has 3 heterocycles. The number of hydrogen-bond donors (Lipinski definition) is 2. The van der Waals surface area contributed by atoms with Crippen molar-refractivity contribution in [3.63, 3.8) is 0 Å². The molecular weight excluding hydrogens is 420 g/mol. The Bertz CT molecular complexity index is 1260. The number of rotatable bonds is 5. The lowest BCUT2D eigenvalue weighted by molar-refractivity contribution is -0.141. The second-order valence-electron chi connectivity index (χ2n) is 9.02. The van der Waals surface area contributed by atoms with E-state index in [9.17, 15) is 14.4 Å². The fourth-order valence-corrected chi connectivity index (χ4v) is 5.43. The molecule has 9 nitrogen and oxygen atoms in total. The Balaban J connectivity index is 1.41. The van der Waals surface area contributed by atoms with E-state index in [-0.39, 0.29) is 36.0 Å². The van der Waals surface area contributed by atoms with Gasteiger partial charge < -0.3 is 16.0 Å². The van der Waals surface area contributed by atoms with E-state index >= 15 is 0 Å². The summed E-state index contributed by atoms with van der Waals surface area (Å²) >= 11 is 0. The standard InChI is InChI=1S/C24H26N6O3/c1-13-9-14(2)26-19(10-13)27-24(33)22-15-7-8-16(11-15)30(22)20(31)12-29-18-6-4-3-5-17(18)21(28-29)23(25)32/h3-6,9-10,15-16,22H,7-8,11-12H2,1-2H3,(H2,25,32)(H,26,27,33)/t15-,16+,22-/m0/s1. The van der Waals surface area contributed by atoms with Gasteiger partial charge in [-0.2, -0.15) is 5.10 Å². The molecule has 5 rings (SSSR count). The number of nitrogens with zero attached hydrogens (tertiary/aromatic N) is 4. The molecule has 170 valence electrons. The Morgan fingerprint density at radius 3 is 2.70 bits per heavy atom. The number of fused-ring (bicyclic) bond motifs is 3. The number of aromatic nitrogens is 3. The summed E-state index contributed by atoms with van der Waals surface area (Å²) in [7, 11) is 0. The van der Waals surface area contributed by atoms with Crippen molar-refractivity contribution in [3.05, 3.63) is 53.3 Å². The molecule has 2 aromatic heterocycles. The minimum atomic E-state index is -0.643. The van der Waals surface area contributed by atoms with Gasteiger partial charge in [-0.15, -0.1) is 0 Å². The Labute approximate surface area is 190 Å². The Morgan fingerprint density at radius 2 is 1.94 bits per heavy atom. The summed E-state index contributed by atoms with van der Waals surface area (Å²) in [5, 5.41) is 7.83. The Morgan fingerprint density at radius 1 is 1.15 bits per heavy atom. The molecule has 1 saturated heterocycles. The molecule has 0 unspecified atom stereocenters. The maximum atomic E-state index is 13.5. The first-order valence-corrected chi connectivity index (χ1v) is 11.1. The van der Waals surface area contributed by atoms with E-state index in [1.54, 1.807) is 23.1 Å². The van der Waals surface area contributed by atoms with Gasteiger partial charge in [0.1, 0.15) is 18.4 Å². The molecular formula is C24H26N6O3. The van der Waals surface area contributed by atoms with Gasteiger partial charge >= 0.3 is 0 Å². The van der Waals surface area contributed by atoms with Gasteiger partial charge in [-0.05, 0) is 62.8 Å². The first-order valence-electron chi connectivity index (χ1n) is 11.1. The Hall–Kier alpha value is -3.75. The lowest BCUT2D eigenvalue weighted by atomic mass is 9.97. The predicted molar refractivity (Wildman–Crippen MR) is 122 cm³/mol. The summed E-state index contributed by atoms with van der Waals surface area (Å²) < 4.78 is 1.50. The number of carbonyl (C=O) groups excluding carboxylic acids is 3. The van der Waals surface area contributed by atoms with Crippen LogP contribution in [0.1, 0.15) is 41.0 Å². The van der Waals surface area contributed by atoms with Crippen LogP contribution in [0.4, 0.5) is 5.82 Å². The lowest BCUT2D eigenvalue weighted by Crippen LogP contribution is -2.52. The molecule has 0 spiro atoms. The van der Waals surface area contributed by atoms with Crippen molar-refractivity contribution in [3.8, 4) is 0 Å². The third kappa shape index (κ3) is 3.73. The largest absolute Gasteiger partial charge is 0.364 e. The van der Waals surface area contributed by atoms with Gasteiger partial charge in [-0.1, -0.05) is 18.2 Å². The van der Waals surface area contributed by atoms with Crippen molar-refractivity contribution < 1.29 is 14.4 Å². The maximum Gasteiger partial charge on any atom is 0.269 e. The second-order valence-corrected chi connectivity index (χ2v) is 9.02. The van der Waals surface area contributed by atoms with Gasteiger partial charge in [0.25, 0.3) is 5.91 Å². The van der Waals surface area contributed by atoms with Crippen molar-refractivity contribution in [1.82, 2.24) is 19.7 Å². The fourth-order valence-electron chi connectivity index (χ4n) is 5.43. The number of anilines is 1. The van der Waals surface area contributed by atoms with Gasteiger partial charge in [-0.3, -0.25) is 19.1 Å². The number of aryl methyl sites for hydroxylation is 2. The van der Waals surface area contributed by atoms with Crippen LogP contribution in [0, 0.1) is 19.8 Å². The van der Waals surface area contributed by atoms with Gasteiger partial charge in [0, 0.05) is 17.1 Å². The van der Waals surface area contributed by atoms with Crippen molar-refractivity contribution in [2.75, 3.05) is 5.32 Å². The monoisotopic (exact) mass is 446 g/mol.